The van der Waals surface area contributed by atoms with E-state index >= 15 is 0 Å². The summed E-state index contributed by atoms with van der Waals surface area (Å²) in [6, 6.07) is 11.2. The summed E-state index contributed by atoms with van der Waals surface area (Å²) >= 11 is 0. The first kappa shape index (κ1) is 18.6. The SMILES string of the molecule is Cc1ccc(F)cc1NC(=O)c1ccc(S(=O)(=O)NCCC#N)cc1. The molecule has 0 saturated carbocycles. The molecule has 0 unspecified atom stereocenters. The maximum absolute atomic E-state index is 13.3. The Bertz CT molecular complexity index is 919. The van der Waals surface area contributed by atoms with Gasteiger partial charge in [-0.15, -0.1) is 0 Å². The minimum Gasteiger partial charge on any atom is -0.322 e. The lowest BCUT2D eigenvalue weighted by Crippen LogP contribution is -2.24. The number of aryl methyl sites for hydroxylation is 1. The highest BCUT2D eigenvalue weighted by Gasteiger charge is 2.15. The van der Waals surface area contributed by atoms with E-state index in [1.165, 1.54) is 36.4 Å². The molecule has 2 aromatic carbocycles. The fourth-order valence-electron chi connectivity index (χ4n) is 2.03. The van der Waals surface area contributed by atoms with Crippen LogP contribution < -0.4 is 10.0 Å². The van der Waals surface area contributed by atoms with Crippen LogP contribution >= 0.6 is 0 Å². The molecule has 0 fully saturated rings. The molecule has 2 rings (SSSR count). The standard InChI is InChI=1S/C17H16FN3O3S/c1-12-3-6-14(18)11-16(12)21-17(22)13-4-7-15(8-5-13)25(23,24)20-10-2-9-19/h3-8,11,20H,2,10H2,1H3,(H,21,22). The molecule has 2 aromatic rings. The summed E-state index contributed by atoms with van der Waals surface area (Å²) in [5.41, 5.74) is 1.29. The van der Waals surface area contributed by atoms with Crippen LogP contribution in [0.25, 0.3) is 0 Å². The third kappa shape index (κ3) is 4.86. The summed E-state index contributed by atoms with van der Waals surface area (Å²) in [7, 11) is -3.73. The first-order valence-corrected chi connectivity index (χ1v) is 8.86. The molecule has 8 heteroatoms. The van der Waals surface area contributed by atoms with E-state index < -0.39 is 21.7 Å². The quantitative estimate of drug-likeness (QED) is 0.773. The molecule has 0 saturated heterocycles. The monoisotopic (exact) mass is 361 g/mol. The number of hydrogen-bond acceptors (Lipinski definition) is 4. The number of amides is 1. The number of anilines is 1. The zero-order chi connectivity index (χ0) is 18.4. The number of nitrogens with zero attached hydrogens (tertiary/aromatic N) is 1. The van der Waals surface area contributed by atoms with Crippen molar-refractivity contribution >= 4 is 21.6 Å². The predicted molar refractivity (Wildman–Crippen MR) is 91.0 cm³/mol. The van der Waals surface area contributed by atoms with Crippen molar-refractivity contribution in [3.63, 3.8) is 0 Å². The highest BCUT2D eigenvalue weighted by molar-refractivity contribution is 7.89. The maximum atomic E-state index is 13.3. The number of nitriles is 1. The highest BCUT2D eigenvalue weighted by Crippen LogP contribution is 2.18. The molecule has 0 aliphatic heterocycles. The van der Waals surface area contributed by atoms with Gasteiger partial charge in [0.2, 0.25) is 10.0 Å². The minimum absolute atomic E-state index is 0.0103. The summed E-state index contributed by atoms with van der Waals surface area (Å²) in [6.45, 7) is 1.75. The van der Waals surface area contributed by atoms with Crippen LogP contribution in [0.3, 0.4) is 0 Å². The number of benzene rings is 2. The molecule has 0 aromatic heterocycles. The Morgan fingerprint density at radius 2 is 1.88 bits per heavy atom. The van der Waals surface area contributed by atoms with Gasteiger partial charge in [-0.2, -0.15) is 5.26 Å². The number of sulfonamides is 1. The highest BCUT2D eigenvalue weighted by atomic mass is 32.2. The van der Waals surface area contributed by atoms with Crippen molar-refractivity contribution in [2.75, 3.05) is 11.9 Å². The van der Waals surface area contributed by atoms with Crippen molar-refractivity contribution < 1.29 is 17.6 Å². The lowest BCUT2D eigenvalue weighted by molar-refractivity contribution is 0.102. The predicted octanol–water partition coefficient (Wildman–Crippen LogP) is 2.58. The lowest BCUT2D eigenvalue weighted by atomic mass is 10.1. The Labute approximate surface area is 145 Å². The third-order valence-corrected chi connectivity index (χ3v) is 4.88. The molecule has 0 aliphatic rings. The van der Waals surface area contributed by atoms with E-state index in [-0.39, 0.29) is 23.4 Å². The molecule has 0 spiro atoms. The number of hydrogen-bond donors (Lipinski definition) is 2. The topological polar surface area (TPSA) is 99.1 Å². The summed E-state index contributed by atoms with van der Waals surface area (Å²) in [5.74, 6) is -0.944. The van der Waals surface area contributed by atoms with Gasteiger partial charge in [-0.3, -0.25) is 4.79 Å². The van der Waals surface area contributed by atoms with Crippen molar-refractivity contribution in [2.24, 2.45) is 0 Å². The molecule has 1 amide bonds. The van der Waals surface area contributed by atoms with Gasteiger partial charge >= 0.3 is 0 Å². The lowest BCUT2D eigenvalue weighted by Gasteiger charge is -2.09. The van der Waals surface area contributed by atoms with E-state index in [0.29, 0.717) is 11.3 Å². The third-order valence-electron chi connectivity index (χ3n) is 3.40. The van der Waals surface area contributed by atoms with Crippen molar-refractivity contribution in [3.05, 3.63) is 59.4 Å². The van der Waals surface area contributed by atoms with Gasteiger partial charge in [0, 0.05) is 24.2 Å². The normalized spacial score (nSPS) is 10.9. The maximum Gasteiger partial charge on any atom is 0.255 e. The Kier molecular flexibility index (Phi) is 5.85. The van der Waals surface area contributed by atoms with Gasteiger partial charge in [-0.25, -0.2) is 17.5 Å². The molecule has 25 heavy (non-hydrogen) atoms. The average molecular weight is 361 g/mol. The van der Waals surface area contributed by atoms with Gasteiger partial charge in [0.1, 0.15) is 5.82 Å². The van der Waals surface area contributed by atoms with E-state index in [1.807, 2.05) is 6.07 Å². The molecule has 0 aliphatic carbocycles. The van der Waals surface area contributed by atoms with Gasteiger partial charge in [0.15, 0.2) is 0 Å². The van der Waals surface area contributed by atoms with Crippen molar-refractivity contribution in [1.82, 2.24) is 4.72 Å². The summed E-state index contributed by atoms with van der Waals surface area (Å²) < 4.78 is 39.5. The molecule has 2 N–H and O–H groups in total. The Morgan fingerprint density at radius 3 is 2.52 bits per heavy atom. The number of halogens is 1. The molecule has 0 bridgehead atoms. The summed E-state index contributed by atoms with van der Waals surface area (Å²) in [6.07, 6.45) is 0.0622. The van der Waals surface area contributed by atoms with Crippen molar-refractivity contribution in [3.8, 4) is 6.07 Å². The zero-order valence-corrected chi connectivity index (χ0v) is 14.2. The summed E-state index contributed by atoms with van der Waals surface area (Å²) in [5, 5.41) is 11.0. The second kappa shape index (κ2) is 7.88. The Balaban J connectivity index is 2.12. The molecular weight excluding hydrogens is 345 g/mol. The molecule has 0 atom stereocenters. The van der Waals surface area contributed by atoms with Crippen molar-refractivity contribution in [1.29, 1.82) is 5.26 Å². The second-order valence-electron chi connectivity index (χ2n) is 5.24. The number of carbonyl (C=O) groups excluding carboxylic acids is 1. The van der Waals surface area contributed by atoms with Crippen LogP contribution in [-0.4, -0.2) is 20.9 Å². The Morgan fingerprint density at radius 1 is 1.20 bits per heavy atom. The van der Waals surface area contributed by atoms with Crippen LogP contribution in [0.15, 0.2) is 47.4 Å². The van der Waals surface area contributed by atoms with Gasteiger partial charge < -0.3 is 5.32 Å². The summed E-state index contributed by atoms with van der Waals surface area (Å²) in [4.78, 5) is 12.2. The van der Waals surface area contributed by atoms with Crippen LogP contribution in [0.5, 0.6) is 0 Å². The van der Waals surface area contributed by atoms with E-state index in [2.05, 4.69) is 10.0 Å². The first-order valence-electron chi connectivity index (χ1n) is 7.37. The van der Waals surface area contributed by atoms with Crippen LogP contribution in [-0.2, 0) is 10.0 Å². The number of rotatable bonds is 6. The average Bonchev–Trinajstić information content (AvgIpc) is 2.58. The number of carbonyl (C=O) groups is 1. The van der Waals surface area contributed by atoms with Crippen molar-refractivity contribution in [2.45, 2.75) is 18.2 Å². The van der Waals surface area contributed by atoms with E-state index in [0.717, 1.165) is 0 Å². The number of nitrogens with one attached hydrogen (secondary N) is 2. The smallest absolute Gasteiger partial charge is 0.255 e. The van der Waals surface area contributed by atoms with E-state index in [4.69, 9.17) is 5.26 Å². The second-order valence-corrected chi connectivity index (χ2v) is 7.01. The fourth-order valence-corrected chi connectivity index (χ4v) is 3.07. The largest absolute Gasteiger partial charge is 0.322 e. The van der Waals surface area contributed by atoms with Crippen LogP contribution in [0.4, 0.5) is 10.1 Å². The minimum atomic E-state index is -3.73. The van der Waals surface area contributed by atoms with E-state index in [1.54, 1.807) is 13.0 Å². The van der Waals surface area contributed by atoms with Gasteiger partial charge in [-0.1, -0.05) is 6.07 Å². The van der Waals surface area contributed by atoms with Crippen LogP contribution in [0, 0.1) is 24.1 Å². The van der Waals surface area contributed by atoms with E-state index in [9.17, 15) is 17.6 Å². The first-order chi connectivity index (χ1) is 11.8. The van der Waals surface area contributed by atoms with Crippen LogP contribution in [0.2, 0.25) is 0 Å². The molecule has 6 nitrogen and oxygen atoms in total. The zero-order valence-electron chi connectivity index (χ0n) is 13.4. The molecular formula is C17H16FN3O3S. The fraction of sp³-hybridized carbons (Fsp3) is 0.176. The van der Waals surface area contributed by atoms with Gasteiger partial charge in [0.05, 0.1) is 11.0 Å². The van der Waals surface area contributed by atoms with Gasteiger partial charge in [-0.05, 0) is 48.9 Å². The molecule has 0 heterocycles. The van der Waals surface area contributed by atoms with Crippen LogP contribution in [0.1, 0.15) is 22.3 Å². The molecule has 0 radical (unpaired) electrons. The Hall–Kier alpha value is -2.76. The van der Waals surface area contributed by atoms with Gasteiger partial charge in [0.25, 0.3) is 5.91 Å². The molecule has 130 valence electrons.